The van der Waals surface area contributed by atoms with Gasteiger partial charge in [-0.2, -0.15) is 0 Å². The zero-order valence-electron chi connectivity index (χ0n) is 11.9. The van der Waals surface area contributed by atoms with Crippen molar-refractivity contribution in [2.75, 3.05) is 11.9 Å². The van der Waals surface area contributed by atoms with E-state index in [2.05, 4.69) is 18.2 Å². The van der Waals surface area contributed by atoms with E-state index in [4.69, 9.17) is 11.2 Å². The molecule has 2 rings (SSSR count). The molecule has 0 bridgehead atoms. The quantitative estimate of drug-likeness (QED) is 0.850. The topological polar surface area (TPSA) is 38.3 Å². The number of rotatable bonds is 5. The van der Waals surface area contributed by atoms with Gasteiger partial charge >= 0.3 is 0 Å². The molecule has 0 aliphatic rings. The monoisotopic (exact) mass is 279 g/mol. The molecular weight excluding hydrogens is 262 g/mol. The van der Waals surface area contributed by atoms with Crippen molar-refractivity contribution in [3.8, 4) is 18.1 Å². The van der Waals surface area contributed by atoms with Crippen LogP contribution in [0.4, 0.5) is 5.69 Å². The van der Waals surface area contributed by atoms with E-state index >= 15 is 0 Å². The Morgan fingerprint density at radius 1 is 1.19 bits per heavy atom. The predicted octanol–water partition coefficient (Wildman–Crippen LogP) is 3.51. The van der Waals surface area contributed by atoms with Gasteiger partial charge in [-0.3, -0.25) is 4.79 Å². The van der Waals surface area contributed by atoms with Crippen molar-refractivity contribution < 1.29 is 9.53 Å². The highest BCUT2D eigenvalue weighted by Crippen LogP contribution is 2.18. The lowest BCUT2D eigenvalue weighted by molar-refractivity contribution is 0.102. The first-order chi connectivity index (χ1) is 10.2. The number of aryl methyl sites for hydroxylation is 1. The molecule has 0 aliphatic carbocycles. The second-order valence-electron chi connectivity index (χ2n) is 4.48. The zero-order valence-corrected chi connectivity index (χ0v) is 11.9. The van der Waals surface area contributed by atoms with E-state index in [-0.39, 0.29) is 12.5 Å². The summed E-state index contributed by atoms with van der Waals surface area (Å²) < 4.78 is 5.28. The molecule has 2 aromatic carbocycles. The number of carbonyl (C=O) groups excluding carboxylic acids is 1. The van der Waals surface area contributed by atoms with Gasteiger partial charge < -0.3 is 10.1 Å². The van der Waals surface area contributed by atoms with Crippen molar-refractivity contribution in [3.05, 3.63) is 59.7 Å². The highest BCUT2D eigenvalue weighted by Gasteiger charge is 2.08. The van der Waals surface area contributed by atoms with Gasteiger partial charge in [-0.05, 0) is 42.3 Å². The van der Waals surface area contributed by atoms with E-state index in [1.54, 1.807) is 24.3 Å². The second kappa shape index (κ2) is 7.16. The van der Waals surface area contributed by atoms with Crippen LogP contribution in [0.3, 0.4) is 0 Å². The van der Waals surface area contributed by atoms with Crippen molar-refractivity contribution in [3.63, 3.8) is 0 Å². The summed E-state index contributed by atoms with van der Waals surface area (Å²) in [6.07, 6.45) is 6.00. The smallest absolute Gasteiger partial charge is 0.255 e. The van der Waals surface area contributed by atoms with Gasteiger partial charge in [-0.25, -0.2) is 0 Å². The molecule has 0 radical (unpaired) electrons. The van der Waals surface area contributed by atoms with Crippen LogP contribution in [0.2, 0.25) is 0 Å². The maximum absolute atomic E-state index is 12.2. The molecule has 3 nitrogen and oxygen atoms in total. The number of anilines is 1. The third kappa shape index (κ3) is 3.87. The summed E-state index contributed by atoms with van der Waals surface area (Å²) in [5.74, 6) is 2.91. The summed E-state index contributed by atoms with van der Waals surface area (Å²) in [7, 11) is 0. The Balaban J connectivity index is 2.08. The SMILES string of the molecule is C#CCOc1ccc(C(=O)Nc2ccccc2CC)cc1. The van der Waals surface area contributed by atoms with Gasteiger partial charge in [-0.15, -0.1) is 6.42 Å². The van der Waals surface area contributed by atoms with Crippen LogP contribution < -0.4 is 10.1 Å². The van der Waals surface area contributed by atoms with Crippen molar-refractivity contribution in [1.82, 2.24) is 0 Å². The Bertz CT molecular complexity index is 654. The summed E-state index contributed by atoms with van der Waals surface area (Å²) in [6.45, 7) is 2.28. The highest BCUT2D eigenvalue weighted by atomic mass is 16.5. The molecule has 2 aromatic rings. The third-order valence-electron chi connectivity index (χ3n) is 3.09. The number of para-hydroxylation sites is 1. The van der Waals surface area contributed by atoms with Crippen LogP contribution in [0.15, 0.2) is 48.5 Å². The summed E-state index contributed by atoms with van der Waals surface area (Å²) in [5, 5.41) is 2.93. The van der Waals surface area contributed by atoms with E-state index in [0.717, 1.165) is 17.7 Å². The van der Waals surface area contributed by atoms with Gasteiger partial charge in [0.05, 0.1) is 0 Å². The molecule has 0 spiro atoms. The fourth-order valence-electron chi connectivity index (χ4n) is 1.97. The summed E-state index contributed by atoms with van der Waals surface area (Å²) in [6, 6.07) is 14.7. The number of benzene rings is 2. The van der Waals surface area contributed by atoms with Crippen LogP contribution in [-0.2, 0) is 6.42 Å². The molecule has 0 aromatic heterocycles. The predicted molar refractivity (Wildman–Crippen MR) is 84.5 cm³/mol. The van der Waals surface area contributed by atoms with Gasteiger partial charge in [-0.1, -0.05) is 31.0 Å². The Morgan fingerprint density at radius 3 is 2.57 bits per heavy atom. The van der Waals surface area contributed by atoms with E-state index in [0.29, 0.717) is 11.3 Å². The average molecular weight is 279 g/mol. The number of nitrogens with one attached hydrogen (secondary N) is 1. The zero-order chi connectivity index (χ0) is 15.1. The van der Waals surface area contributed by atoms with Crippen LogP contribution in [-0.4, -0.2) is 12.5 Å². The molecular formula is C18H17NO2. The molecule has 3 heteroatoms. The summed E-state index contributed by atoms with van der Waals surface area (Å²) >= 11 is 0. The highest BCUT2D eigenvalue weighted by molar-refractivity contribution is 6.04. The minimum atomic E-state index is -0.139. The van der Waals surface area contributed by atoms with Crippen molar-refractivity contribution in [2.45, 2.75) is 13.3 Å². The van der Waals surface area contributed by atoms with Gasteiger partial charge in [0.1, 0.15) is 12.4 Å². The number of hydrogen-bond acceptors (Lipinski definition) is 2. The normalized spacial score (nSPS) is 9.71. The maximum Gasteiger partial charge on any atom is 0.255 e. The van der Waals surface area contributed by atoms with Crippen LogP contribution in [0.5, 0.6) is 5.75 Å². The third-order valence-corrected chi connectivity index (χ3v) is 3.09. The van der Waals surface area contributed by atoms with Gasteiger partial charge in [0, 0.05) is 11.3 Å². The van der Waals surface area contributed by atoms with Crippen LogP contribution in [0, 0.1) is 12.3 Å². The Morgan fingerprint density at radius 2 is 1.90 bits per heavy atom. The molecule has 1 amide bonds. The number of carbonyl (C=O) groups is 1. The van der Waals surface area contributed by atoms with Gasteiger partial charge in [0.2, 0.25) is 0 Å². The lowest BCUT2D eigenvalue weighted by atomic mass is 10.1. The van der Waals surface area contributed by atoms with E-state index < -0.39 is 0 Å². The Labute approximate surface area is 125 Å². The lowest BCUT2D eigenvalue weighted by Gasteiger charge is -2.10. The molecule has 0 saturated heterocycles. The summed E-state index contributed by atoms with van der Waals surface area (Å²) in [4.78, 5) is 12.2. The minimum absolute atomic E-state index is 0.139. The largest absolute Gasteiger partial charge is 0.481 e. The van der Waals surface area contributed by atoms with Crippen LogP contribution >= 0.6 is 0 Å². The van der Waals surface area contributed by atoms with E-state index in [9.17, 15) is 4.79 Å². The number of ether oxygens (including phenoxy) is 1. The molecule has 106 valence electrons. The van der Waals surface area contributed by atoms with Crippen LogP contribution in [0.1, 0.15) is 22.8 Å². The molecule has 21 heavy (non-hydrogen) atoms. The Kier molecular flexibility index (Phi) is 5.00. The molecule has 0 aliphatic heterocycles. The molecule has 1 N–H and O–H groups in total. The van der Waals surface area contributed by atoms with E-state index in [1.165, 1.54) is 0 Å². The van der Waals surface area contributed by atoms with Crippen molar-refractivity contribution >= 4 is 11.6 Å². The average Bonchev–Trinajstić information content (AvgIpc) is 2.54. The standard InChI is InChI=1S/C18H17NO2/c1-3-13-21-16-11-9-15(10-12-16)18(20)19-17-8-6-5-7-14(17)4-2/h1,5-12H,4,13H2,2H3,(H,19,20). The second-order valence-corrected chi connectivity index (χ2v) is 4.48. The molecule has 0 unspecified atom stereocenters. The Hall–Kier alpha value is -2.73. The number of terminal acetylenes is 1. The van der Waals surface area contributed by atoms with Crippen LogP contribution in [0.25, 0.3) is 0 Å². The number of hydrogen-bond donors (Lipinski definition) is 1. The van der Waals surface area contributed by atoms with E-state index in [1.807, 2.05) is 24.3 Å². The molecule has 0 atom stereocenters. The van der Waals surface area contributed by atoms with Crippen molar-refractivity contribution in [1.29, 1.82) is 0 Å². The maximum atomic E-state index is 12.2. The first-order valence-corrected chi connectivity index (χ1v) is 6.80. The fraction of sp³-hybridized carbons (Fsp3) is 0.167. The summed E-state index contributed by atoms with van der Waals surface area (Å²) in [5.41, 5.74) is 2.53. The van der Waals surface area contributed by atoms with Gasteiger partial charge in [0.25, 0.3) is 5.91 Å². The molecule has 0 saturated carbocycles. The fourth-order valence-corrected chi connectivity index (χ4v) is 1.97. The number of amides is 1. The first-order valence-electron chi connectivity index (χ1n) is 6.80. The molecule has 0 heterocycles. The minimum Gasteiger partial charge on any atom is -0.481 e. The molecule has 0 fully saturated rings. The van der Waals surface area contributed by atoms with Gasteiger partial charge in [0.15, 0.2) is 0 Å². The first kappa shape index (κ1) is 14.7. The lowest BCUT2D eigenvalue weighted by Crippen LogP contribution is -2.13. The van der Waals surface area contributed by atoms with Crippen molar-refractivity contribution in [2.24, 2.45) is 0 Å².